The van der Waals surface area contributed by atoms with Gasteiger partial charge in [0, 0.05) is 24.6 Å². The molecule has 1 heterocycles. The molecule has 104 valence electrons. The van der Waals surface area contributed by atoms with Gasteiger partial charge in [0.15, 0.2) is 11.9 Å². The average molecular weight is 271 g/mol. The van der Waals surface area contributed by atoms with Crippen molar-refractivity contribution in [1.82, 2.24) is 4.98 Å². The highest BCUT2D eigenvalue weighted by molar-refractivity contribution is 5.91. The molecule has 1 saturated carbocycles. The van der Waals surface area contributed by atoms with E-state index in [0.717, 1.165) is 17.3 Å². The van der Waals surface area contributed by atoms with Gasteiger partial charge in [-0.15, -0.1) is 0 Å². The third kappa shape index (κ3) is 2.39. The second kappa shape index (κ2) is 5.59. The van der Waals surface area contributed by atoms with Crippen LogP contribution in [0.25, 0.3) is 10.9 Å². The zero-order chi connectivity index (χ0) is 13.9. The van der Waals surface area contributed by atoms with Crippen molar-refractivity contribution in [1.29, 1.82) is 0 Å². The third-order valence-electron chi connectivity index (χ3n) is 3.43. The Morgan fingerprint density at radius 3 is 2.95 bits per heavy atom. The second-order valence-corrected chi connectivity index (χ2v) is 4.95. The molecule has 0 amide bonds. The molecule has 4 nitrogen and oxygen atoms in total. The predicted molar refractivity (Wildman–Crippen MR) is 75.8 cm³/mol. The quantitative estimate of drug-likeness (QED) is 0.839. The molecule has 2 atom stereocenters. The number of fused-ring (bicyclic) bond motifs is 1. The maximum Gasteiger partial charge on any atom is 0.169 e. The van der Waals surface area contributed by atoms with Crippen molar-refractivity contribution in [3.63, 3.8) is 0 Å². The SMILES string of the molecule is CCCOC1C(=O)CC1Oc1cccc2cccnc12. The first-order valence-corrected chi connectivity index (χ1v) is 6.94. The van der Waals surface area contributed by atoms with E-state index >= 15 is 0 Å². The number of carbonyl (C=O) groups excluding carboxylic acids is 1. The number of para-hydroxylation sites is 1. The molecule has 2 unspecified atom stereocenters. The smallest absolute Gasteiger partial charge is 0.169 e. The van der Waals surface area contributed by atoms with Crippen LogP contribution in [0.2, 0.25) is 0 Å². The van der Waals surface area contributed by atoms with Crippen LogP contribution in [0.3, 0.4) is 0 Å². The van der Waals surface area contributed by atoms with Gasteiger partial charge in [-0.05, 0) is 18.6 Å². The fraction of sp³-hybridized carbons (Fsp3) is 0.375. The number of rotatable bonds is 5. The van der Waals surface area contributed by atoms with Crippen LogP contribution in [0.15, 0.2) is 36.5 Å². The summed E-state index contributed by atoms with van der Waals surface area (Å²) in [6, 6.07) is 9.70. The number of nitrogens with zero attached hydrogens (tertiary/aromatic N) is 1. The molecule has 1 aromatic carbocycles. The molecule has 20 heavy (non-hydrogen) atoms. The van der Waals surface area contributed by atoms with Crippen molar-refractivity contribution in [3.8, 4) is 5.75 Å². The van der Waals surface area contributed by atoms with Crippen molar-refractivity contribution < 1.29 is 14.3 Å². The van der Waals surface area contributed by atoms with E-state index < -0.39 is 6.10 Å². The maximum absolute atomic E-state index is 11.6. The van der Waals surface area contributed by atoms with Crippen LogP contribution in [-0.4, -0.2) is 29.6 Å². The fourth-order valence-corrected chi connectivity index (χ4v) is 2.35. The highest BCUT2D eigenvalue weighted by atomic mass is 16.5. The van der Waals surface area contributed by atoms with Gasteiger partial charge in [-0.3, -0.25) is 9.78 Å². The van der Waals surface area contributed by atoms with Crippen LogP contribution < -0.4 is 4.74 Å². The molecular weight excluding hydrogens is 254 g/mol. The molecule has 3 rings (SSSR count). The van der Waals surface area contributed by atoms with Crippen molar-refractivity contribution in [3.05, 3.63) is 36.5 Å². The molecule has 0 aliphatic heterocycles. The summed E-state index contributed by atoms with van der Waals surface area (Å²) < 4.78 is 11.5. The lowest BCUT2D eigenvalue weighted by atomic mass is 9.90. The summed E-state index contributed by atoms with van der Waals surface area (Å²) in [5, 5.41) is 1.03. The Bertz CT molecular complexity index is 621. The molecule has 0 bridgehead atoms. The summed E-state index contributed by atoms with van der Waals surface area (Å²) in [5.74, 6) is 0.836. The number of carbonyl (C=O) groups is 1. The number of Topliss-reactive ketones (excluding diaryl/α,β-unsaturated/α-hetero) is 1. The molecule has 1 aromatic heterocycles. The summed E-state index contributed by atoms with van der Waals surface area (Å²) in [6.45, 7) is 2.61. The highest BCUT2D eigenvalue weighted by Crippen LogP contribution is 2.29. The van der Waals surface area contributed by atoms with Gasteiger partial charge in [0.25, 0.3) is 0 Å². The Labute approximate surface area is 117 Å². The molecule has 0 saturated heterocycles. The first-order valence-electron chi connectivity index (χ1n) is 6.94. The van der Waals surface area contributed by atoms with Crippen LogP contribution >= 0.6 is 0 Å². The summed E-state index contributed by atoms with van der Waals surface area (Å²) in [5.41, 5.74) is 0.823. The van der Waals surface area contributed by atoms with Crippen molar-refractivity contribution in [2.45, 2.75) is 32.0 Å². The second-order valence-electron chi connectivity index (χ2n) is 4.95. The van der Waals surface area contributed by atoms with Crippen molar-refractivity contribution in [2.24, 2.45) is 0 Å². The number of hydrogen-bond donors (Lipinski definition) is 0. The molecule has 0 radical (unpaired) electrons. The van der Waals surface area contributed by atoms with E-state index in [4.69, 9.17) is 9.47 Å². The van der Waals surface area contributed by atoms with E-state index in [2.05, 4.69) is 4.98 Å². The summed E-state index contributed by atoms with van der Waals surface area (Å²) >= 11 is 0. The first-order chi connectivity index (χ1) is 9.79. The summed E-state index contributed by atoms with van der Waals surface area (Å²) in [4.78, 5) is 15.9. The topological polar surface area (TPSA) is 48.4 Å². The van der Waals surface area contributed by atoms with E-state index in [0.29, 0.717) is 18.8 Å². The van der Waals surface area contributed by atoms with Gasteiger partial charge in [-0.25, -0.2) is 0 Å². The molecule has 1 fully saturated rings. The van der Waals surface area contributed by atoms with E-state index in [1.165, 1.54) is 0 Å². The molecule has 0 spiro atoms. The van der Waals surface area contributed by atoms with Gasteiger partial charge >= 0.3 is 0 Å². The van der Waals surface area contributed by atoms with Crippen LogP contribution in [0.5, 0.6) is 5.75 Å². The molecule has 2 aromatic rings. The standard InChI is InChI=1S/C16H17NO3/c1-2-9-19-16-12(18)10-14(16)20-13-7-3-5-11-6-4-8-17-15(11)13/h3-8,14,16H,2,9-10H2,1H3. The molecule has 1 aliphatic rings. The molecule has 1 aliphatic carbocycles. The Morgan fingerprint density at radius 1 is 1.30 bits per heavy atom. The Kier molecular flexibility index (Phi) is 3.65. The monoisotopic (exact) mass is 271 g/mol. The number of ether oxygens (including phenoxy) is 2. The van der Waals surface area contributed by atoms with Gasteiger partial charge in [0.1, 0.15) is 17.4 Å². The normalized spacial score (nSPS) is 21.8. The number of aromatic nitrogens is 1. The zero-order valence-corrected chi connectivity index (χ0v) is 11.4. The Morgan fingerprint density at radius 2 is 2.15 bits per heavy atom. The minimum atomic E-state index is -0.422. The Balaban J connectivity index is 1.78. The number of pyridine rings is 1. The molecular formula is C16H17NO3. The van der Waals surface area contributed by atoms with Crippen molar-refractivity contribution in [2.75, 3.05) is 6.61 Å². The zero-order valence-electron chi connectivity index (χ0n) is 11.4. The lowest BCUT2D eigenvalue weighted by Gasteiger charge is -2.34. The largest absolute Gasteiger partial charge is 0.484 e. The predicted octanol–water partition coefficient (Wildman–Crippen LogP) is 2.75. The number of ketones is 1. The molecule has 4 heteroatoms. The van der Waals surface area contributed by atoms with Gasteiger partial charge < -0.3 is 9.47 Å². The van der Waals surface area contributed by atoms with Crippen LogP contribution in [0.4, 0.5) is 0 Å². The maximum atomic E-state index is 11.6. The van der Waals surface area contributed by atoms with Gasteiger partial charge in [-0.1, -0.05) is 25.1 Å². The van der Waals surface area contributed by atoms with Gasteiger partial charge in [0.05, 0.1) is 0 Å². The lowest BCUT2D eigenvalue weighted by molar-refractivity contribution is -0.154. The Hall–Kier alpha value is -1.94. The van der Waals surface area contributed by atoms with Crippen molar-refractivity contribution >= 4 is 16.7 Å². The minimum Gasteiger partial charge on any atom is -0.484 e. The summed E-state index contributed by atoms with van der Waals surface area (Å²) in [7, 11) is 0. The van der Waals surface area contributed by atoms with E-state index in [9.17, 15) is 4.79 Å². The number of benzene rings is 1. The number of hydrogen-bond acceptors (Lipinski definition) is 4. The highest BCUT2D eigenvalue weighted by Gasteiger charge is 2.42. The van der Waals surface area contributed by atoms with E-state index in [1.807, 2.05) is 37.3 Å². The van der Waals surface area contributed by atoms with Gasteiger partial charge in [-0.2, -0.15) is 0 Å². The fourth-order valence-electron chi connectivity index (χ4n) is 2.35. The minimum absolute atomic E-state index is 0.122. The van der Waals surface area contributed by atoms with E-state index in [1.54, 1.807) is 6.20 Å². The lowest BCUT2D eigenvalue weighted by Crippen LogP contribution is -2.52. The van der Waals surface area contributed by atoms with Crippen LogP contribution in [0.1, 0.15) is 19.8 Å². The van der Waals surface area contributed by atoms with Gasteiger partial charge in [0.2, 0.25) is 0 Å². The third-order valence-corrected chi connectivity index (χ3v) is 3.43. The molecule has 0 N–H and O–H groups in total. The van der Waals surface area contributed by atoms with Crippen LogP contribution in [-0.2, 0) is 9.53 Å². The average Bonchev–Trinajstić information content (AvgIpc) is 2.47. The summed E-state index contributed by atoms with van der Waals surface area (Å²) in [6.07, 6.45) is 2.44. The van der Waals surface area contributed by atoms with Crippen LogP contribution in [0, 0.1) is 0 Å². The van der Waals surface area contributed by atoms with E-state index in [-0.39, 0.29) is 11.9 Å². The first kappa shape index (κ1) is 13.1.